The largest absolute Gasteiger partial charge is 0.192 e. The Hall–Kier alpha value is -5.71. The second kappa shape index (κ2) is 9.73. The van der Waals surface area contributed by atoms with Gasteiger partial charge in [-0.25, -0.2) is 0 Å². The Balaban J connectivity index is 1.55. The number of nitriles is 1. The molecule has 42 heavy (non-hydrogen) atoms. The summed E-state index contributed by atoms with van der Waals surface area (Å²) in [7, 11) is 0. The third-order valence-corrected chi connectivity index (χ3v) is 8.45. The Kier molecular flexibility index (Phi) is 5.59. The number of hydrogen-bond acceptors (Lipinski definition) is 1. The maximum absolute atomic E-state index is 9.46. The summed E-state index contributed by atoms with van der Waals surface area (Å²) in [6.45, 7) is 0. The minimum atomic E-state index is 0.663. The molecule has 0 bridgehead atoms. The smallest absolute Gasteiger partial charge is 0.0991 e. The van der Waals surface area contributed by atoms with E-state index in [2.05, 4.69) is 146 Å². The van der Waals surface area contributed by atoms with E-state index >= 15 is 0 Å². The van der Waals surface area contributed by atoms with Crippen molar-refractivity contribution in [3.8, 4) is 39.4 Å². The van der Waals surface area contributed by atoms with Crippen LogP contribution in [-0.2, 0) is 0 Å². The fourth-order valence-corrected chi connectivity index (χ4v) is 6.49. The minimum absolute atomic E-state index is 0.663. The van der Waals surface area contributed by atoms with Gasteiger partial charge in [-0.15, -0.1) is 0 Å². The first kappa shape index (κ1) is 24.1. The summed E-state index contributed by atoms with van der Waals surface area (Å²) in [4.78, 5) is 0. The van der Waals surface area contributed by atoms with E-state index in [0.717, 1.165) is 11.1 Å². The molecule has 0 atom stereocenters. The van der Waals surface area contributed by atoms with Gasteiger partial charge in [0.25, 0.3) is 0 Å². The predicted molar refractivity (Wildman–Crippen MR) is 177 cm³/mol. The highest BCUT2D eigenvalue weighted by molar-refractivity contribution is 6.25. The number of fused-ring (bicyclic) bond motifs is 4. The third kappa shape index (κ3) is 3.85. The maximum atomic E-state index is 9.46. The zero-order chi connectivity index (χ0) is 28.0. The Morgan fingerprint density at radius 2 is 0.881 bits per heavy atom. The molecule has 1 heteroatoms. The Morgan fingerprint density at radius 1 is 0.381 bits per heavy atom. The molecule has 0 spiro atoms. The highest BCUT2D eigenvalue weighted by atomic mass is 14.2. The third-order valence-electron chi connectivity index (χ3n) is 8.45. The summed E-state index contributed by atoms with van der Waals surface area (Å²) in [6.07, 6.45) is 0. The van der Waals surface area contributed by atoms with Crippen molar-refractivity contribution in [2.45, 2.75) is 0 Å². The SMILES string of the molecule is N#Cc1ccc(-c2cccc3c(-c4ccc5ccccc5c4)c4ccccc4c(-c4ccc5ccccc5c4)c23)cc1. The van der Waals surface area contributed by atoms with Gasteiger partial charge in [0, 0.05) is 0 Å². The molecule has 8 rings (SSSR count). The predicted octanol–water partition coefficient (Wildman–Crippen LogP) is 11.2. The molecule has 0 N–H and O–H groups in total. The lowest BCUT2D eigenvalue weighted by atomic mass is 9.82. The molecule has 8 aromatic carbocycles. The zero-order valence-corrected chi connectivity index (χ0v) is 22.9. The summed E-state index contributed by atoms with van der Waals surface area (Å²) >= 11 is 0. The van der Waals surface area contributed by atoms with Crippen molar-refractivity contribution in [2.75, 3.05) is 0 Å². The van der Waals surface area contributed by atoms with Gasteiger partial charge in [-0.05, 0) is 101 Å². The summed E-state index contributed by atoms with van der Waals surface area (Å²) in [6, 6.07) is 56.4. The standard InChI is InChI=1S/C41H25N/c42-26-27-16-18-30(19-17-27)35-14-7-15-38-39(33-22-20-28-8-1-3-10-31(28)24-33)36-12-5-6-13-37(36)40(41(35)38)34-23-21-29-9-2-4-11-32(29)25-34/h1-25H. The van der Waals surface area contributed by atoms with Crippen LogP contribution in [0.3, 0.4) is 0 Å². The minimum Gasteiger partial charge on any atom is -0.192 e. The van der Waals surface area contributed by atoms with Gasteiger partial charge in [0.05, 0.1) is 11.6 Å². The van der Waals surface area contributed by atoms with Crippen molar-refractivity contribution >= 4 is 43.1 Å². The van der Waals surface area contributed by atoms with Gasteiger partial charge in [-0.1, -0.05) is 127 Å². The van der Waals surface area contributed by atoms with Crippen LogP contribution in [0.15, 0.2) is 152 Å². The first-order chi connectivity index (χ1) is 20.8. The molecule has 8 aromatic rings. The van der Waals surface area contributed by atoms with Crippen LogP contribution in [0.25, 0.3) is 76.5 Å². The van der Waals surface area contributed by atoms with Crippen LogP contribution < -0.4 is 0 Å². The number of hydrogen-bond donors (Lipinski definition) is 0. The normalized spacial score (nSPS) is 11.3. The van der Waals surface area contributed by atoms with Crippen LogP contribution >= 0.6 is 0 Å². The average molecular weight is 532 g/mol. The van der Waals surface area contributed by atoms with Gasteiger partial charge in [0.1, 0.15) is 0 Å². The molecule has 0 aliphatic carbocycles. The van der Waals surface area contributed by atoms with Gasteiger partial charge in [-0.3, -0.25) is 0 Å². The lowest BCUT2D eigenvalue weighted by Crippen LogP contribution is -1.93. The molecule has 0 aliphatic heterocycles. The van der Waals surface area contributed by atoms with Gasteiger partial charge >= 0.3 is 0 Å². The van der Waals surface area contributed by atoms with Crippen LogP contribution in [0, 0.1) is 11.3 Å². The van der Waals surface area contributed by atoms with E-state index in [1.54, 1.807) is 0 Å². The summed E-state index contributed by atoms with van der Waals surface area (Å²) in [5, 5.41) is 19.3. The zero-order valence-electron chi connectivity index (χ0n) is 22.9. The molecule has 0 saturated carbocycles. The summed E-state index contributed by atoms with van der Waals surface area (Å²) < 4.78 is 0. The molecule has 0 aromatic heterocycles. The van der Waals surface area contributed by atoms with E-state index in [9.17, 15) is 5.26 Å². The van der Waals surface area contributed by atoms with Crippen LogP contribution in [-0.4, -0.2) is 0 Å². The number of nitrogens with zero attached hydrogens (tertiary/aromatic N) is 1. The van der Waals surface area contributed by atoms with E-state index < -0.39 is 0 Å². The Bertz CT molecular complexity index is 2350. The van der Waals surface area contributed by atoms with Crippen molar-refractivity contribution in [1.82, 2.24) is 0 Å². The van der Waals surface area contributed by atoms with Gasteiger partial charge in [-0.2, -0.15) is 5.26 Å². The van der Waals surface area contributed by atoms with Crippen LogP contribution in [0.2, 0.25) is 0 Å². The fourth-order valence-electron chi connectivity index (χ4n) is 6.49. The molecular weight excluding hydrogens is 506 g/mol. The Labute approximate surface area is 244 Å². The van der Waals surface area contributed by atoms with Crippen molar-refractivity contribution < 1.29 is 0 Å². The molecule has 0 amide bonds. The van der Waals surface area contributed by atoms with E-state index in [-0.39, 0.29) is 0 Å². The molecular formula is C41H25N. The highest BCUT2D eigenvalue weighted by Gasteiger charge is 2.20. The van der Waals surface area contributed by atoms with E-state index in [4.69, 9.17) is 0 Å². The fraction of sp³-hybridized carbons (Fsp3) is 0. The second-order valence-electron chi connectivity index (χ2n) is 10.8. The molecule has 0 heterocycles. The lowest BCUT2D eigenvalue weighted by Gasteiger charge is -2.21. The maximum Gasteiger partial charge on any atom is 0.0991 e. The van der Waals surface area contributed by atoms with Crippen LogP contribution in [0.5, 0.6) is 0 Å². The van der Waals surface area contributed by atoms with E-state index in [1.807, 2.05) is 12.1 Å². The van der Waals surface area contributed by atoms with E-state index in [1.165, 1.54) is 65.3 Å². The quantitative estimate of drug-likeness (QED) is 0.208. The molecule has 1 nitrogen and oxygen atoms in total. The molecule has 0 saturated heterocycles. The molecule has 194 valence electrons. The molecule has 0 aliphatic rings. The average Bonchev–Trinajstić information content (AvgIpc) is 3.06. The monoisotopic (exact) mass is 531 g/mol. The topological polar surface area (TPSA) is 23.8 Å². The van der Waals surface area contributed by atoms with Crippen molar-refractivity contribution in [1.29, 1.82) is 5.26 Å². The van der Waals surface area contributed by atoms with Crippen LogP contribution in [0.4, 0.5) is 0 Å². The van der Waals surface area contributed by atoms with Crippen LogP contribution in [0.1, 0.15) is 5.56 Å². The van der Waals surface area contributed by atoms with Gasteiger partial charge in [0.2, 0.25) is 0 Å². The highest BCUT2D eigenvalue weighted by Crippen LogP contribution is 2.47. The number of benzene rings is 8. The van der Waals surface area contributed by atoms with Crippen molar-refractivity contribution in [2.24, 2.45) is 0 Å². The first-order valence-corrected chi connectivity index (χ1v) is 14.2. The van der Waals surface area contributed by atoms with Crippen molar-refractivity contribution in [3.63, 3.8) is 0 Å². The summed E-state index contributed by atoms with van der Waals surface area (Å²) in [5.74, 6) is 0. The van der Waals surface area contributed by atoms with Gasteiger partial charge in [0.15, 0.2) is 0 Å². The molecule has 0 unspecified atom stereocenters. The first-order valence-electron chi connectivity index (χ1n) is 14.2. The van der Waals surface area contributed by atoms with Gasteiger partial charge < -0.3 is 0 Å². The second-order valence-corrected chi connectivity index (χ2v) is 10.8. The number of rotatable bonds is 3. The lowest BCUT2D eigenvalue weighted by molar-refractivity contribution is 1.48. The Morgan fingerprint density at radius 3 is 1.50 bits per heavy atom. The summed E-state index contributed by atoms with van der Waals surface area (Å²) in [5.41, 5.74) is 7.80. The van der Waals surface area contributed by atoms with Crippen molar-refractivity contribution in [3.05, 3.63) is 157 Å². The molecule has 0 fully saturated rings. The van der Waals surface area contributed by atoms with E-state index in [0.29, 0.717) is 5.56 Å². The molecule has 0 radical (unpaired) electrons.